The first-order valence-corrected chi connectivity index (χ1v) is 6.57. The molecule has 1 aromatic rings. The molecule has 5 nitrogen and oxygen atoms in total. The standard InChI is InChI=1S/C15H22N2O3/c1-12-6-4-5-7-13(12)14(18)10-17(2)11-15(19)16-8-9-20-3/h4-7H,8-11H2,1-3H3,(H,16,19). The molecule has 1 rings (SSSR count). The molecule has 0 aliphatic heterocycles. The summed E-state index contributed by atoms with van der Waals surface area (Å²) >= 11 is 0. The number of hydrogen-bond donors (Lipinski definition) is 1. The Labute approximate surface area is 119 Å². The zero-order valence-electron chi connectivity index (χ0n) is 12.3. The highest BCUT2D eigenvalue weighted by molar-refractivity contribution is 5.99. The lowest BCUT2D eigenvalue weighted by atomic mass is 10.0. The van der Waals surface area contributed by atoms with Gasteiger partial charge in [-0.2, -0.15) is 0 Å². The van der Waals surface area contributed by atoms with Crippen LogP contribution < -0.4 is 5.32 Å². The van der Waals surface area contributed by atoms with E-state index in [0.717, 1.165) is 5.56 Å². The predicted octanol–water partition coefficient (Wildman–Crippen LogP) is 0.872. The van der Waals surface area contributed by atoms with E-state index in [1.165, 1.54) is 0 Å². The highest BCUT2D eigenvalue weighted by atomic mass is 16.5. The third-order valence-corrected chi connectivity index (χ3v) is 2.90. The van der Waals surface area contributed by atoms with Crippen LogP contribution in [0.25, 0.3) is 0 Å². The Morgan fingerprint density at radius 1 is 1.25 bits per heavy atom. The number of likely N-dealkylation sites (N-methyl/N-ethyl adjacent to an activating group) is 1. The van der Waals surface area contributed by atoms with Gasteiger partial charge in [-0.05, 0) is 19.5 Å². The van der Waals surface area contributed by atoms with Gasteiger partial charge in [0.15, 0.2) is 5.78 Å². The normalized spacial score (nSPS) is 10.6. The van der Waals surface area contributed by atoms with E-state index in [4.69, 9.17) is 4.74 Å². The third kappa shape index (κ3) is 5.50. The van der Waals surface area contributed by atoms with Gasteiger partial charge >= 0.3 is 0 Å². The molecule has 0 spiro atoms. The average molecular weight is 278 g/mol. The SMILES string of the molecule is COCCNC(=O)CN(C)CC(=O)c1ccccc1C. The number of benzene rings is 1. The van der Waals surface area contributed by atoms with Crippen molar-refractivity contribution in [3.05, 3.63) is 35.4 Å². The van der Waals surface area contributed by atoms with Crippen LogP contribution in [0.1, 0.15) is 15.9 Å². The van der Waals surface area contributed by atoms with Gasteiger partial charge < -0.3 is 10.1 Å². The van der Waals surface area contributed by atoms with Crippen LogP contribution in [-0.4, -0.2) is 57.0 Å². The number of methoxy groups -OCH3 is 1. The van der Waals surface area contributed by atoms with Gasteiger partial charge in [0.1, 0.15) is 0 Å². The molecule has 1 amide bonds. The molecule has 0 aromatic heterocycles. The van der Waals surface area contributed by atoms with Gasteiger partial charge in [-0.25, -0.2) is 0 Å². The van der Waals surface area contributed by atoms with Crippen molar-refractivity contribution in [3.63, 3.8) is 0 Å². The van der Waals surface area contributed by atoms with E-state index in [1.54, 1.807) is 19.1 Å². The summed E-state index contributed by atoms with van der Waals surface area (Å²) in [5, 5.41) is 2.72. The summed E-state index contributed by atoms with van der Waals surface area (Å²) in [4.78, 5) is 25.4. The number of aryl methyl sites for hydroxylation is 1. The Morgan fingerprint density at radius 3 is 2.60 bits per heavy atom. The number of amides is 1. The second-order valence-corrected chi connectivity index (χ2v) is 4.75. The molecular weight excluding hydrogens is 256 g/mol. The Kier molecular flexibility index (Phi) is 6.90. The molecule has 0 bridgehead atoms. The summed E-state index contributed by atoms with van der Waals surface area (Å²) in [5.41, 5.74) is 1.66. The molecule has 0 radical (unpaired) electrons. The molecule has 0 unspecified atom stereocenters. The summed E-state index contributed by atoms with van der Waals surface area (Å²) in [6.45, 7) is 3.29. The average Bonchev–Trinajstić information content (AvgIpc) is 2.39. The third-order valence-electron chi connectivity index (χ3n) is 2.90. The van der Waals surface area contributed by atoms with Crippen molar-refractivity contribution in [1.29, 1.82) is 0 Å². The highest BCUT2D eigenvalue weighted by Crippen LogP contribution is 2.08. The Morgan fingerprint density at radius 2 is 1.95 bits per heavy atom. The molecule has 0 fully saturated rings. The number of Topliss-reactive ketones (excluding diaryl/α,β-unsaturated/α-hetero) is 1. The smallest absolute Gasteiger partial charge is 0.234 e. The first kappa shape index (κ1) is 16.3. The van der Waals surface area contributed by atoms with Gasteiger partial charge in [0.2, 0.25) is 5.91 Å². The molecule has 0 aliphatic rings. The van der Waals surface area contributed by atoms with Crippen LogP contribution in [0.2, 0.25) is 0 Å². The number of ketones is 1. The first-order valence-electron chi connectivity index (χ1n) is 6.57. The largest absolute Gasteiger partial charge is 0.383 e. The molecule has 0 heterocycles. The summed E-state index contributed by atoms with van der Waals surface area (Å²) < 4.78 is 4.85. The second kappa shape index (κ2) is 8.45. The quantitative estimate of drug-likeness (QED) is 0.566. The maximum atomic E-state index is 12.1. The number of hydrogen-bond acceptors (Lipinski definition) is 4. The minimum Gasteiger partial charge on any atom is -0.383 e. The number of carbonyl (C=O) groups excluding carboxylic acids is 2. The summed E-state index contributed by atoms with van der Waals surface area (Å²) in [5.74, 6) is -0.0857. The number of rotatable bonds is 8. The number of carbonyl (C=O) groups is 2. The van der Waals surface area contributed by atoms with E-state index in [0.29, 0.717) is 18.7 Å². The summed E-state index contributed by atoms with van der Waals surface area (Å²) in [6.07, 6.45) is 0. The van der Waals surface area contributed by atoms with Crippen LogP contribution in [0.3, 0.4) is 0 Å². The Bertz CT molecular complexity index is 460. The van der Waals surface area contributed by atoms with Gasteiger partial charge in [-0.3, -0.25) is 14.5 Å². The maximum Gasteiger partial charge on any atom is 0.234 e. The van der Waals surface area contributed by atoms with E-state index < -0.39 is 0 Å². The lowest BCUT2D eigenvalue weighted by Crippen LogP contribution is -2.38. The molecule has 1 aromatic carbocycles. The van der Waals surface area contributed by atoms with Crippen molar-refractivity contribution >= 4 is 11.7 Å². The Hall–Kier alpha value is -1.72. The molecule has 1 N–H and O–H groups in total. The van der Waals surface area contributed by atoms with Crippen molar-refractivity contribution in [2.24, 2.45) is 0 Å². The van der Waals surface area contributed by atoms with Crippen molar-refractivity contribution in [2.75, 3.05) is 40.4 Å². The minimum atomic E-state index is -0.109. The number of nitrogens with zero attached hydrogens (tertiary/aromatic N) is 1. The molecule has 0 atom stereocenters. The molecule has 5 heteroatoms. The fourth-order valence-corrected chi connectivity index (χ4v) is 1.87. The van der Waals surface area contributed by atoms with Gasteiger partial charge in [0.05, 0.1) is 19.7 Å². The van der Waals surface area contributed by atoms with Crippen LogP contribution >= 0.6 is 0 Å². The van der Waals surface area contributed by atoms with E-state index in [9.17, 15) is 9.59 Å². The highest BCUT2D eigenvalue weighted by Gasteiger charge is 2.13. The maximum absolute atomic E-state index is 12.1. The van der Waals surface area contributed by atoms with Crippen molar-refractivity contribution < 1.29 is 14.3 Å². The lowest BCUT2D eigenvalue weighted by Gasteiger charge is -2.16. The van der Waals surface area contributed by atoms with Crippen molar-refractivity contribution in [1.82, 2.24) is 10.2 Å². The zero-order chi connectivity index (χ0) is 15.0. The van der Waals surface area contributed by atoms with Crippen LogP contribution in [0.15, 0.2) is 24.3 Å². The zero-order valence-corrected chi connectivity index (χ0v) is 12.3. The van der Waals surface area contributed by atoms with E-state index >= 15 is 0 Å². The first-order chi connectivity index (χ1) is 9.54. The second-order valence-electron chi connectivity index (χ2n) is 4.75. The van der Waals surface area contributed by atoms with Gasteiger partial charge in [-0.1, -0.05) is 24.3 Å². The Balaban J connectivity index is 2.42. The molecule has 0 saturated carbocycles. The van der Waals surface area contributed by atoms with E-state index in [1.807, 2.05) is 31.2 Å². The molecule has 110 valence electrons. The van der Waals surface area contributed by atoms with E-state index in [2.05, 4.69) is 5.32 Å². The van der Waals surface area contributed by atoms with Crippen LogP contribution in [0.4, 0.5) is 0 Å². The number of nitrogens with one attached hydrogen (secondary N) is 1. The van der Waals surface area contributed by atoms with Crippen LogP contribution in [0, 0.1) is 6.92 Å². The van der Waals surface area contributed by atoms with Gasteiger partial charge in [0, 0.05) is 19.2 Å². The molecule has 0 aliphatic carbocycles. The van der Waals surface area contributed by atoms with E-state index in [-0.39, 0.29) is 24.8 Å². The van der Waals surface area contributed by atoms with Crippen molar-refractivity contribution in [3.8, 4) is 0 Å². The molecule has 20 heavy (non-hydrogen) atoms. The summed E-state index contributed by atoms with van der Waals surface area (Å²) in [7, 11) is 3.34. The molecule has 0 saturated heterocycles. The van der Waals surface area contributed by atoms with Crippen LogP contribution in [-0.2, 0) is 9.53 Å². The fourth-order valence-electron chi connectivity index (χ4n) is 1.87. The predicted molar refractivity (Wildman–Crippen MR) is 77.9 cm³/mol. The fraction of sp³-hybridized carbons (Fsp3) is 0.467. The number of ether oxygens (including phenoxy) is 1. The lowest BCUT2D eigenvalue weighted by molar-refractivity contribution is -0.122. The monoisotopic (exact) mass is 278 g/mol. The molecular formula is C15H22N2O3. The van der Waals surface area contributed by atoms with Crippen molar-refractivity contribution in [2.45, 2.75) is 6.92 Å². The van der Waals surface area contributed by atoms with Gasteiger partial charge in [-0.15, -0.1) is 0 Å². The topological polar surface area (TPSA) is 58.6 Å². The summed E-state index contributed by atoms with van der Waals surface area (Å²) in [6, 6.07) is 7.46. The van der Waals surface area contributed by atoms with Gasteiger partial charge in [0.25, 0.3) is 0 Å². The minimum absolute atomic E-state index is 0.0234. The van der Waals surface area contributed by atoms with Crippen LogP contribution in [0.5, 0.6) is 0 Å².